The molecule has 0 saturated heterocycles. The molecule has 0 heterocycles. The molecule has 4 nitrogen and oxygen atoms in total. The number of hydrogen-bond donors (Lipinski definition) is 2. The standard InChI is InChI=1S/C13H18FNO3S/c1-19(17,18)12-10(16)6-5-9(11(12)14)13(15)7-3-2-4-8-13/h5-6,16H,2-4,7-8,15H2,1H3. The van der Waals surface area contributed by atoms with Crippen LogP contribution in [-0.2, 0) is 15.4 Å². The van der Waals surface area contributed by atoms with Crippen LogP contribution in [0.3, 0.4) is 0 Å². The Balaban J connectivity index is 2.60. The second-order valence-corrected chi connectivity index (χ2v) is 7.22. The molecule has 19 heavy (non-hydrogen) atoms. The van der Waals surface area contributed by atoms with Crippen LogP contribution in [0.5, 0.6) is 5.75 Å². The van der Waals surface area contributed by atoms with Crippen LogP contribution in [0.2, 0.25) is 0 Å². The topological polar surface area (TPSA) is 80.4 Å². The summed E-state index contributed by atoms with van der Waals surface area (Å²) >= 11 is 0. The minimum Gasteiger partial charge on any atom is -0.506 e. The Bertz CT molecular complexity index is 592. The zero-order valence-corrected chi connectivity index (χ0v) is 11.6. The molecular weight excluding hydrogens is 269 g/mol. The van der Waals surface area contributed by atoms with Crippen molar-refractivity contribution in [3.63, 3.8) is 0 Å². The number of nitrogens with two attached hydrogens (primary N) is 1. The number of sulfone groups is 1. The molecule has 0 amide bonds. The average molecular weight is 287 g/mol. The zero-order chi connectivity index (χ0) is 14.3. The van der Waals surface area contributed by atoms with Gasteiger partial charge in [-0.05, 0) is 18.9 Å². The normalized spacial score (nSPS) is 19.3. The molecule has 1 aromatic carbocycles. The molecule has 1 saturated carbocycles. The highest BCUT2D eigenvalue weighted by atomic mass is 32.2. The van der Waals surface area contributed by atoms with Gasteiger partial charge in [0.05, 0.1) is 0 Å². The molecular formula is C13H18FNO3S. The van der Waals surface area contributed by atoms with E-state index in [-0.39, 0.29) is 5.56 Å². The zero-order valence-electron chi connectivity index (χ0n) is 10.8. The van der Waals surface area contributed by atoms with Crippen LogP contribution in [-0.4, -0.2) is 19.8 Å². The highest BCUT2D eigenvalue weighted by molar-refractivity contribution is 7.90. The maximum Gasteiger partial charge on any atom is 0.182 e. The predicted octanol–water partition coefficient (Wildman–Crippen LogP) is 2.05. The van der Waals surface area contributed by atoms with Crippen molar-refractivity contribution >= 4 is 9.84 Å². The van der Waals surface area contributed by atoms with Gasteiger partial charge in [0.2, 0.25) is 0 Å². The number of rotatable bonds is 2. The summed E-state index contributed by atoms with van der Waals surface area (Å²) in [5, 5.41) is 9.57. The molecule has 0 spiro atoms. The van der Waals surface area contributed by atoms with E-state index >= 15 is 0 Å². The fourth-order valence-electron chi connectivity index (χ4n) is 2.74. The molecule has 0 atom stereocenters. The summed E-state index contributed by atoms with van der Waals surface area (Å²) in [6.07, 6.45) is 4.96. The van der Waals surface area contributed by atoms with Crippen LogP contribution < -0.4 is 5.73 Å². The van der Waals surface area contributed by atoms with Gasteiger partial charge < -0.3 is 10.8 Å². The first-order valence-electron chi connectivity index (χ1n) is 6.26. The third kappa shape index (κ3) is 2.60. The third-order valence-corrected chi connectivity index (χ3v) is 4.86. The Hall–Kier alpha value is -1.14. The monoisotopic (exact) mass is 287 g/mol. The SMILES string of the molecule is CS(=O)(=O)c1c(O)ccc(C2(N)CCCCC2)c1F. The summed E-state index contributed by atoms with van der Waals surface area (Å²) < 4.78 is 37.6. The fourth-order valence-corrected chi connectivity index (χ4v) is 3.62. The maximum atomic E-state index is 14.4. The van der Waals surface area contributed by atoms with Crippen molar-refractivity contribution in [2.45, 2.75) is 42.5 Å². The molecule has 6 heteroatoms. The first kappa shape index (κ1) is 14.3. The summed E-state index contributed by atoms with van der Waals surface area (Å²) in [4.78, 5) is -0.652. The molecule has 1 aromatic rings. The number of phenolic OH excluding ortho intramolecular Hbond substituents is 1. The lowest BCUT2D eigenvalue weighted by molar-refractivity contribution is 0.290. The highest BCUT2D eigenvalue weighted by Crippen LogP contribution is 2.39. The molecule has 3 N–H and O–H groups in total. The lowest BCUT2D eigenvalue weighted by atomic mass is 9.77. The summed E-state index contributed by atoms with van der Waals surface area (Å²) in [6.45, 7) is 0. The smallest absolute Gasteiger partial charge is 0.182 e. The Morgan fingerprint density at radius 1 is 1.26 bits per heavy atom. The minimum absolute atomic E-state index is 0.186. The second-order valence-electron chi connectivity index (χ2n) is 5.26. The van der Waals surface area contributed by atoms with Gasteiger partial charge in [0.1, 0.15) is 10.6 Å². The van der Waals surface area contributed by atoms with Crippen molar-refractivity contribution in [3.05, 3.63) is 23.5 Å². The lowest BCUT2D eigenvalue weighted by Gasteiger charge is -2.34. The Kier molecular flexibility index (Phi) is 3.57. The van der Waals surface area contributed by atoms with Gasteiger partial charge in [-0.25, -0.2) is 12.8 Å². The number of phenols is 1. The Morgan fingerprint density at radius 2 is 1.84 bits per heavy atom. The fraction of sp³-hybridized carbons (Fsp3) is 0.538. The van der Waals surface area contributed by atoms with E-state index < -0.39 is 31.8 Å². The molecule has 0 unspecified atom stereocenters. The lowest BCUT2D eigenvalue weighted by Crippen LogP contribution is -2.39. The first-order valence-corrected chi connectivity index (χ1v) is 8.16. The van der Waals surface area contributed by atoms with Gasteiger partial charge in [0.15, 0.2) is 15.7 Å². The average Bonchev–Trinajstić information content (AvgIpc) is 2.27. The van der Waals surface area contributed by atoms with Crippen LogP contribution in [0.15, 0.2) is 17.0 Å². The van der Waals surface area contributed by atoms with E-state index in [9.17, 15) is 17.9 Å². The summed E-state index contributed by atoms with van der Waals surface area (Å²) in [6, 6.07) is 2.60. The van der Waals surface area contributed by atoms with Gasteiger partial charge in [0, 0.05) is 17.4 Å². The van der Waals surface area contributed by atoms with Crippen molar-refractivity contribution in [1.82, 2.24) is 0 Å². The number of halogens is 1. The quantitative estimate of drug-likeness (QED) is 0.872. The maximum absolute atomic E-state index is 14.4. The van der Waals surface area contributed by atoms with E-state index in [0.29, 0.717) is 12.8 Å². The molecule has 0 aliphatic heterocycles. The summed E-state index contributed by atoms with van der Waals surface area (Å²) in [5.74, 6) is -1.48. The van der Waals surface area contributed by atoms with Gasteiger partial charge in [-0.2, -0.15) is 0 Å². The van der Waals surface area contributed by atoms with Gasteiger partial charge in [-0.3, -0.25) is 0 Å². The Morgan fingerprint density at radius 3 is 2.37 bits per heavy atom. The molecule has 0 aromatic heterocycles. The molecule has 106 valence electrons. The van der Waals surface area contributed by atoms with Gasteiger partial charge >= 0.3 is 0 Å². The van der Waals surface area contributed by atoms with Gasteiger partial charge in [0.25, 0.3) is 0 Å². The summed E-state index contributed by atoms with van der Waals surface area (Å²) in [7, 11) is -3.83. The molecule has 0 bridgehead atoms. The van der Waals surface area contributed by atoms with Crippen LogP contribution in [0.1, 0.15) is 37.7 Å². The number of hydrogen-bond acceptors (Lipinski definition) is 4. The molecule has 1 aliphatic rings. The predicted molar refractivity (Wildman–Crippen MR) is 70.1 cm³/mol. The van der Waals surface area contributed by atoms with E-state index in [1.54, 1.807) is 0 Å². The Labute approximate surface area is 112 Å². The largest absolute Gasteiger partial charge is 0.506 e. The van der Waals surface area contributed by atoms with Crippen molar-refractivity contribution in [3.8, 4) is 5.75 Å². The van der Waals surface area contributed by atoms with Crippen LogP contribution >= 0.6 is 0 Å². The van der Waals surface area contributed by atoms with Crippen molar-refractivity contribution < 1.29 is 17.9 Å². The summed E-state index contributed by atoms with van der Waals surface area (Å²) in [5.41, 5.74) is 5.57. The van der Waals surface area contributed by atoms with Crippen LogP contribution in [0.4, 0.5) is 4.39 Å². The molecule has 0 radical (unpaired) electrons. The molecule has 1 fully saturated rings. The van der Waals surface area contributed by atoms with Crippen molar-refractivity contribution in [2.24, 2.45) is 5.73 Å². The highest BCUT2D eigenvalue weighted by Gasteiger charge is 2.35. The van der Waals surface area contributed by atoms with Crippen LogP contribution in [0, 0.1) is 5.82 Å². The minimum atomic E-state index is -3.83. The van der Waals surface area contributed by atoms with E-state index in [4.69, 9.17) is 5.73 Å². The first-order chi connectivity index (χ1) is 8.76. The van der Waals surface area contributed by atoms with Crippen molar-refractivity contribution in [1.29, 1.82) is 0 Å². The molecule has 2 rings (SSSR count). The van der Waals surface area contributed by atoms with Crippen LogP contribution in [0.25, 0.3) is 0 Å². The van der Waals surface area contributed by atoms with E-state index in [1.165, 1.54) is 12.1 Å². The second kappa shape index (κ2) is 4.76. The van der Waals surface area contributed by atoms with Gasteiger partial charge in [-0.1, -0.05) is 25.3 Å². The molecule has 1 aliphatic carbocycles. The van der Waals surface area contributed by atoms with E-state index in [0.717, 1.165) is 25.5 Å². The van der Waals surface area contributed by atoms with Gasteiger partial charge in [-0.15, -0.1) is 0 Å². The van der Waals surface area contributed by atoms with Crippen molar-refractivity contribution in [2.75, 3.05) is 6.26 Å². The number of benzene rings is 1. The van der Waals surface area contributed by atoms with E-state index in [2.05, 4.69) is 0 Å². The van der Waals surface area contributed by atoms with E-state index in [1.807, 2.05) is 0 Å². The number of aromatic hydroxyl groups is 1. The third-order valence-electron chi connectivity index (χ3n) is 3.73.